The Hall–Kier alpha value is -1.00. The van der Waals surface area contributed by atoms with Crippen molar-refractivity contribution in [1.29, 1.82) is 0 Å². The van der Waals surface area contributed by atoms with Crippen molar-refractivity contribution in [2.75, 3.05) is 12.4 Å². The fourth-order valence-electron chi connectivity index (χ4n) is 1.81. The van der Waals surface area contributed by atoms with Crippen LogP contribution in [0.3, 0.4) is 0 Å². The summed E-state index contributed by atoms with van der Waals surface area (Å²) < 4.78 is 5.15. The van der Waals surface area contributed by atoms with Gasteiger partial charge < -0.3 is 10.1 Å². The normalized spacial score (nSPS) is 14.2. The average Bonchev–Trinajstić information content (AvgIpc) is 3.28. The lowest BCUT2D eigenvalue weighted by Gasteiger charge is -2.06. The highest BCUT2D eigenvalue weighted by atomic mass is 32.2. The Morgan fingerprint density at radius 1 is 1.45 bits per heavy atom. The van der Waals surface area contributed by atoms with E-state index in [0.717, 1.165) is 30.3 Å². The van der Waals surface area contributed by atoms with E-state index in [1.807, 2.05) is 6.07 Å². The number of carbonyl (C=O) groups is 1. The summed E-state index contributed by atoms with van der Waals surface area (Å²) in [5.74, 6) is 0.272. The molecular formula is C16H23NO2S. The van der Waals surface area contributed by atoms with Gasteiger partial charge in [-0.25, -0.2) is 0 Å². The Kier molecular flexibility index (Phi) is 6.40. The first kappa shape index (κ1) is 15.4. The summed E-state index contributed by atoms with van der Waals surface area (Å²) >= 11 is 1.55. The van der Waals surface area contributed by atoms with E-state index in [-0.39, 0.29) is 5.97 Å². The number of carbonyl (C=O) groups excluding carboxylic acids is 1. The molecule has 1 N–H and O–H groups in total. The third kappa shape index (κ3) is 5.97. The zero-order valence-electron chi connectivity index (χ0n) is 12.1. The van der Waals surface area contributed by atoms with Crippen LogP contribution in [-0.4, -0.2) is 24.4 Å². The molecule has 0 radical (unpaired) electrons. The zero-order valence-corrected chi connectivity index (χ0v) is 12.9. The second kappa shape index (κ2) is 8.32. The summed E-state index contributed by atoms with van der Waals surface area (Å²) in [7, 11) is 0. The standard InChI is InChI=1S/C16H23NO2S/c1-2-3-9-19-16(18)12-20-15-6-4-5-13(10-15)11-17-14-7-8-14/h4-6,10,14,17H,2-3,7-9,11-12H2,1H3. The molecule has 2 rings (SSSR count). The third-order valence-corrected chi connectivity index (χ3v) is 4.16. The molecule has 1 aliphatic rings. The summed E-state index contributed by atoms with van der Waals surface area (Å²) in [6.07, 6.45) is 4.60. The van der Waals surface area contributed by atoms with Crippen LogP contribution < -0.4 is 5.32 Å². The quantitative estimate of drug-likeness (QED) is 0.430. The van der Waals surface area contributed by atoms with E-state index in [0.29, 0.717) is 12.4 Å². The molecule has 1 aromatic carbocycles. The summed E-state index contributed by atoms with van der Waals surface area (Å²) in [4.78, 5) is 12.7. The fraction of sp³-hybridized carbons (Fsp3) is 0.562. The molecule has 110 valence electrons. The van der Waals surface area contributed by atoms with E-state index >= 15 is 0 Å². The molecule has 1 aliphatic carbocycles. The fourth-order valence-corrected chi connectivity index (χ4v) is 2.59. The van der Waals surface area contributed by atoms with Gasteiger partial charge in [0.1, 0.15) is 0 Å². The average molecular weight is 293 g/mol. The molecule has 0 aliphatic heterocycles. The Balaban J connectivity index is 1.71. The molecule has 0 aromatic heterocycles. The van der Waals surface area contributed by atoms with Gasteiger partial charge in [-0.15, -0.1) is 11.8 Å². The van der Waals surface area contributed by atoms with E-state index in [1.54, 1.807) is 11.8 Å². The van der Waals surface area contributed by atoms with Crippen molar-refractivity contribution in [3.05, 3.63) is 29.8 Å². The SMILES string of the molecule is CCCCOC(=O)CSc1cccc(CNC2CC2)c1. The minimum absolute atomic E-state index is 0.120. The van der Waals surface area contributed by atoms with Crippen LogP contribution in [-0.2, 0) is 16.1 Å². The van der Waals surface area contributed by atoms with E-state index in [4.69, 9.17) is 4.74 Å². The number of ether oxygens (including phenoxy) is 1. The van der Waals surface area contributed by atoms with Gasteiger partial charge in [0.15, 0.2) is 0 Å². The summed E-state index contributed by atoms with van der Waals surface area (Å²) in [6.45, 7) is 3.55. The van der Waals surface area contributed by atoms with E-state index in [1.165, 1.54) is 18.4 Å². The van der Waals surface area contributed by atoms with E-state index < -0.39 is 0 Å². The lowest BCUT2D eigenvalue weighted by Crippen LogP contribution is -2.15. The third-order valence-electron chi connectivity index (χ3n) is 3.19. The molecule has 0 bridgehead atoms. The van der Waals surface area contributed by atoms with Crippen molar-refractivity contribution in [3.63, 3.8) is 0 Å². The highest BCUT2D eigenvalue weighted by Crippen LogP contribution is 2.22. The number of benzene rings is 1. The number of unbranched alkanes of at least 4 members (excludes halogenated alkanes) is 1. The van der Waals surface area contributed by atoms with Crippen molar-refractivity contribution < 1.29 is 9.53 Å². The Labute approximate surface area is 125 Å². The number of hydrogen-bond acceptors (Lipinski definition) is 4. The van der Waals surface area contributed by atoms with Crippen LogP contribution in [0.25, 0.3) is 0 Å². The molecule has 3 nitrogen and oxygen atoms in total. The van der Waals surface area contributed by atoms with Gasteiger partial charge in [0.05, 0.1) is 12.4 Å². The number of nitrogens with one attached hydrogen (secondary N) is 1. The zero-order chi connectivity index (χ0) is 14.2. The van der Waals surface area contributed by atoms with Gasteiger partial charge in [0, 0.05) is 17.5 Å². The van der Waals surface area contributed by atoms with Crippen LogP contribution in [0.15, 0.2) is 29.2 Å². The van der Waals surface area contributed by atoms with Crippen LogP contribution in [0.5, 0.6) is 0 Å². The first-order chi connectivity index (χ1) is 9.78. The van der Waals surface area contributed by atoms with Gasteiger partial charge in [0.2, 0.25) is 0 Å². The van der Waals surface area contributed by atoms with Crippen molar-refractivity contribution >= 4 is 17.7 Å². The van der Waals surface area contributed by atoms with Gasteiger partial charge in [-0.2, -0.15) is 0 Å². The molecule has 4 heteroatoms. The van der Waals surface area contributed by atoms with Gasteiger partial charge in [-0.05, 0) is 37.0 Å². The predicted octanol–water partition coefficient (Wildman–Crippen LogP) is 3.37. The van der Waals surface area contributed by atoms with Gasteiger partial charge in [-0.1, -0.05) is 25.5 Å². The maximum atomic E-state index is 11.5. The van der Waals surface area contributed by atoms with Crippen LogP contribution in [0.4, 0.5) is 0 Å². The molecule has 0 amide bonds. The molecule has 1 aromatic rings. The number of rotatable bonds is 9. The largest absolute Gasteiger partial charge is 0.465 e. The van der Waals surface area contributed by atoms with E-state index in [2.05, 4.69) is 30.4 Å². The van der Waals surface area contributed by atoms with Gasteiger partial charge >= 0.3 is 5.97 Å². The number of thioether (sulfide) groups is 1. The topological polar surface area (TPSA) is 38.3 Å². The Morgan fingerprint density at radius 3 is 3.05 bits per heavy atom. The second-order valence-corrected chi connectivity index (χ2v) is 6.21. The molecular weight excluding hydrogens is 270 g/mol. The van der Waals surface area contributed by atoms with Crippen molar-refractivity contribution in [2.24, 2.45) is 0 Å². The minimum atomic E-state index is -0.120. The van der Waals surface area contributed by atoms with Crippen LogP contribution >= 0.6 is 11.8 Å². The summed E-state index contributed by atoms with van der Waals surface area (Å²) in [5, 5.41) is 3.50. The Morgan fingerprint density at radius 2 is 2.30 bits per heavy atom. The second-order valence-electron chi connectivity index (χ2n) is 5.17. The molecule has 1 saturated carbocycles. The molecule has 0 atom stereocenters. The highest BCUT2D eigenvalue weighted by molar-refractivity contribution is 8.00. The first-order valence-corrected chi connectivity index (χ1v) is 8.37. The van der Waals surface area contributed by atoms with Crippen LogP contribution in [0, 0.1) is 0 Å². The first-order valence-electron chi connectivity index (χ1n) is 7.38. The van der Waals surface area contributed by atoms with Crippen molar-refractivity contribution in [2.45, 2.75) is 50.1 Å². The molecule has 0 saturated heterocycles. The van der Waals surface area contributed by atoms with Crippen molar-refractivity contribution in [1.82, 2.24) is 5.32 Å². The van der Waals surface area contributed by atoms with Crippen molar-refractivity contribution in [3.8, 4) is 0 Å². The molecule has 20 heavy (non-hydrogen) atoms. The molecule has 0 heterocycles. The van der Waals surface area contributed by atoms with E-state index in [9.17, 15) is 4.79 Å². The lowest BCUT2D eigenvalue weighted by atomic mass is 10.2. The van der Waals surface area contributed by atoms with Gasteiger partial charge in [-0.3, -0.25) is 4.79 Å². The van der Waals surface area contributed by atoms with Gasteiger partial charge in [0.25, 0.3) is 0 Å². The summed E-state index contributed by atoms with van der Waals surface area (Å²) in [6, 6.07) is 9.09. The monoisotopic (exact) mass is 293 g/mol. The number of esters is 1. The highest BCUT2D eigenvalue weighted by Gasteiger charge is 2.19. The lowest BCUT2D eigenvalue weighted by molar-refractivity contribution is -0.140. The maximum Gasteiger partial charge on any atom is 0.316 e. The molecule has 0 spiro atoms. The molecule has 0 unspecified atom stereocenters. The minimum Gasteiger partial charge on any atom is -0.465 e. The summed E-state index contributed by atoms with van der Waals surface area (Å²) in [5.41, 5.74) is 1.28. The molecule has 1 fully saturated rings. The van der Waals surface area contributed by atoms with Crippen LogP contribution in [0.2, 0.25) is 0 Å². The van der Waals surface area contributed by atoms with Crippen LogP contribution in [0.1, 0.15) is 38.2 Å². The smallest absolute Gasteiger partial charge is 0.316 e. The number of hydrogen-bond donors (Lipinski definition) is 1. The predicted molar refractivity (Wildman–Crippen MR) is 82.9 cm³/mol. The maximum absolute atomic E-state index is 11.5. The Bertz CT molecular complexity index is 432.